The molecule has 1 N–H and O–H groups in total. The summed E-state index contributed by atoms with van der Waals surface area (Å²) in [6.45, 7) is 3.27. The van der Waals surface area contributed by atoms with E-state index in [1.807, 2.05) is 66.4 Å². The number of aryl methyl sites for hydroxylation is 1. The first-order chi connectivity index (χ1) is 15.1. The zero-order valence-electron chi connectivity index (χ0n) is 17.3. The number of piperidine rings is 1. The first-order valence-corrected chi connectivity index (χ1v) is 11.1. The van der Waals surface area contributed by atoms with Crippen LogP contribution in [-0.2, 0) is 4.79 Å². The molecule has 31 heavy (non-hydrogen) atoms. The minimum Gasteiger partial charge on any atom is -0.484 e. The van der Waals surface area contributed by atoms with Crippen molar-refractivity contribution in [3.63, 3.8) is 0 Å². The Bertz CT molecular complexity index is 1040. The molecule has 0 saturated carbocycles. The Balaban J connectivity index is 1.34. The molecule has 2 amide bonds. The Hall–Kier alpha value is -3.26. The topological polar surface area (TPSA) is 84.4 Å². The Morgan fingerprint density at radius 3 is 2.68 bits per heavy atom. The number of rotatable bonds is 6. The van der Waals surface area contributed by atoms with Gasteiger partial charge in [-0.25, -0.2) is 0 Å². The lowest BCUT2D eigenvalue weighted by Gasteiger charge is -2.31. The first kappa shape index (κ1) is 21.0. The van der Waals surface area contributed by atoms with Gasteiger partial charge in [0.15, 0.2) is 6.61 Å². The largest absolute Gasteiger partial charge is 0.484 e. The molecule has 0 radical (unpaired) electrons. The van der Waals surface area contributed by atoms with Crippen LogP contribution >= 0.6 is 11.3 Å². The highest BCUT2D eigenvalue weighted by molar-refractivity contribution is 7.13. The maximum absolute atomic E-state index is 12.6. The molecule has 1 aliphatic heterocycles. The molecule has 3 aromatic rings. The molecule has 0 unspecified atom stereocenters. The van der Waals surface area contributed by atoms with Crippen LogP contribution in [0.25, 0.3) is 0 Å². The number of nitrogens with zero attached hydrogens (tertiary/aromatic N) is 3. The summed E-state index contributed by atoms with van der Waals surface area (Å²) in [6.07, 6.45) is 1.80. The van der Waals surface area contributed by atoms with E-state index in [1.54, 1.807) is 0 Å². The second-order valence-corrected chi connectivity index (χ2v) is 8.56. The first-order valence-electron chi connectivity index (χ1n) is 10.3. The summed E-state index contributed by atoms with van der Waals surface area (Å²) in [4.78, 5) is 26.9. The monoisotopic (exact) mass is 436 g/mol. The van der Waals surface area contributed by atoms with Crippen LogP contribution in [0.5, 0.6) is 5.75 Å². The number of hydrogen-bond acceptors (Lipinski definition) is 6. The molecular weight excluding hydrogens is 412 g/mol. The maximum atomic E-state index is 12.6. The average Bonchev–Trinajstić information content (AvgIpc) is 3.30. The van der Waals surface area contributed by atoms with E-state index in [2.05, 4.69) is 15.5 Å². The number of ether oxygens (including phenoxy) is 1. The van der Waals surface area contributed by atoms with Crippen LogP contribution in [0.3, 0.4) is 0 Å². The SMILES string of the molecule is Cc1ccc(NC(=O)c2nnc([C@@H]3CCCN(C(=O)COc4ccccc4)C3)s2)cc1. The average molecular weight is 437 g/mol. The minimum absolute atomic E-state index is 0.0110. The molecule has 1 fully saturated rings. The highest BCUT2D eigenvalue weighted by Gasteiger charge is 2.28. The Labute approximate surface area is 185 Å². The third-order valence-electron chi connectivity index (χ3n) is 5.17. The fraction of sp³-hybridized carbons (Fsp3) is 0.304. The lowest BCUT2D eigenvalue weighted by molar-refractivity contribution is -0.134. The molecule has 1 saturated heterocycles. The van der Waals surface area contributed by atoms with Crippen molar-refractivity contribution in [2.24, 2.45) is 0 Å². The lowest BCUT2D eigenvalue weighted by atomic mass is 9.99. The molecule has 8 heteroatoms. The molecule has 160 valence electrons. The van der Waals surface area contributed by atoms with Crippen molar-refractivity contribution in [3.8, 4) is 5.75 Å². The van der Waals surface area contributed by atoms with Gasteiger partial charge in [0.25, 0.3) is 11.8 Å². The normalized spacial score (nSPS) is 16.0. The number of aromatic nitrogens is 2. The summed E-state index contributed by atoms with van der Waals surface area (Å²) in [7, 11) is 0. The van der Waals surface area contributed by atoms with Gasteiger partial charge in [-0.05, 0) is 44.0 Å². The number of carbonyl (C=O) groups is 2. The molecule has 0 aliphatic carbocycles. The van der Waals surface area contributed by atoms with E-state index in [0.717, 1.165) is 29.1 Å². The molecule has 1 aliphatic rings. The lowest BCUT2D eigenvalue weighted by Crippen LogP contribution is -2.41. The molecule has 1 atom stereocenters. The fourth-order valence-corrected chi connectivity index (χ4v) is 4.34. The number of para-hydroxylation sites is 1. The van der Waals surface area contributed by atoms with Gasteiger partial charge in [0.05, 0.1) is 0 Å². The van der Waals surface area contributed by atoms with Crippen molar-refractivity contribution >= 4 is 28.8 Å². The summed E-state index contributed by atoms with van der Waals surface area (Å²) in [5.74, 6) is 0.439. The third-order valence-corrected chi connectivity index (χ3v) is 6.26. The van der Waals surface area contributed by atoms with Crippen molar-refractivity contribution in [2.75, 3.05) is 25.0 Å². The number of amides is 2. The van der Waals surface area contributed by atoms with E-state index >= 15 is 0 Å². The minimum atomic E-state index is -0.271. The Morgan fingerprint density at radius 2 is 1.90 bits per heavy atom. The van der Waals surface area contributed by atoms with E-state index in [4.69, 9.17) is 4.74 Å². The fourth-order valence-electron chi connectivity index (χ4n) is 3.47. The van der Waals surface area contributed by atoms with Gasteiger partial charge in [0, 0.05) is 24.7 Å². The molecule has 0 bridgehead atoms. The predicted molar refractivity (Wildman–Crippen MR) is 120 cm³/mol. The molecule has 7 nitrogen and oxygen atoms in total. The molecule has 2 aromatic carbocycles. The van der Waals surface area contributed by atoms with Crippen molar-refractivity contribution in [2.45, 2.75) is 25.7 Å². The zero-order chi connectivity index (χ0) is 21.6. The summed E-state index contributed by atoms with van der Waals surface area (Å²) in [6, 6.07) is 16.9. The zero-order valence-corrected chi connectivity index (χ0v) is 18.1. The Morgan fingerprint density at radius 1 is 1.13 bits per heavy atom. The van der Waals surface area contributed by atoms with Gasteiger partial charge in [-0.2, -0.15) is 0 Å². The smallest absolute Gasteiger partial charge is 0.286 e. The number of hydrogen-bond donors (Lipinski definition) is 1. The second-order valence-electron chi connectivity index (χ2n) is 7.55. The van der Waals surface area contributed by atoms with Crippen LogP contribution in [0, 0.1) is 6.92 Å². The van der Waals surface area contributed by atoms with E-state index < -0.39 is 0 Å². The standard InChI is InChI=1S/C23H24N4O3S/c1-16-9-11-18(12-10-16)24-21(29)23-26-25-22(31-23)17-6-5-13-27(14-17)20(28)15-30-19-7-3-2-4-8-19/h2-4,7-12,17H,5-6,13-15H2,1H3,(H,24,29)/t17-/m1/s1. The van der Waals surface area contributed by atoms with E-state index in [-0.39, 0.29) is 24.3 Å². The van der Waals surface area contributed by atoms with Crippen LogP contribution in [0.1, 0.15) is 39.1 Å². The van der Waals surface area contributed by atoms with Gasteiger partial charge in [-0.1, -0.05) is 47.2 Å². The van der Waals surface area contributed by atoms with Gasteiger partial charge >= 0.3 is 0 Å². The van der Waals surface area contributed by atoms with E-state index in [0.29, 0.717) is 23.8 Å². The predicted octanol–water partition coefficient (Wildman–Crippen LogP) is 3.88. The number of anilines is 1. The quantitative estimate of drug-likeness (QED) is 0.634. The molecular formula is C23H24N4O3S. The highest BCUT2D eigenvalue weighted by atomic mass is 32.1. The summed E-state index contributed by atoms with van der Waals surface area (Å²) < 4.78 is 5.59. The molecule has 2 heterocycles. The third kappa shape index (κ3) is 5.46. The number of carbonyl (C=O) groups excluding carboxylic acids is 2. The highest BCUT2D eigenvalue weighted by Crippen LogP contribution is 2.29. The van der Waals surface area contributed by atoms with Crippen LogP contribution < -0.4 is 10.1 Å². The van der Waals surface area contributed by atoms with Gasteiger partial charge in [0.2, 0.25) is 5.01 Å². The van der Waals surface area contributed by atoms with Crippen molar-refractivity contribution < 1.29 is 14.3 Å². The van der Waals surface area contributed by atoms with Crippen molar-refractivity contribution in [3.05, 3.63) is 70.2 Å². The van der Waals surface area contributed by atoms with E-state index in [1.165, 1.54) is 11.3 Å². The van der Waals surface area contributed by atoms with Crippen molar-refractivity contribution in [1.82, 2.24) is 15.1 Å². The van der Waals surface area contributed by atoms with Crippen molar-refractivity contribution in [1.29, 1.82) is 0 Å². The van der Waals surface area contributed by atoms with Crippen LogP contribution in [-0.4, -0.2) is 46.6 Å². The van der Waals surface area contributed by atoms with Crippen LogP contribution in [0.2, 0.25) is 0 Å². The second kappa shape index (κ2) is 9.70. The molecule has 0 spiro atoms. The molecule has 1 aromatic heterocycles. The number of likely N-dealkylation sites (tertiary alicyclic amines) is 1. The van der Waals surface area contributed by atoms with Crippen LogP contribution in [0.15, 0.2) is 54.6 Å². The number of nitrogens with one attached hydrogen (secondary N) is 1. The maximum Gasteiger partial charge on any atom is 0.286 e. The molecule has 4 rings (SSSR count). The Kier molecular flexibility index (Phi) is 6.57. The van der Waals surface area contributed by atoms with Gasteiger partial charge in [0.1, 0.15) is 10.8 Å². The summed E-state index contributed by atoms with van der Waals surface area (Å²) >= 11 is 1.29. The summed E-state index contributed by atoms with van der Waals surface area (Å²) in [5, 5.41) is 12.3. The summed E-state index contributed by atoms with van der Waals surface area (Å²) in [5.41, 5.74) is 1.85. The van der Waals surface area contributed by atoms with Crippen LogP contribution in [0.4, 0.5) is 5.69 Å². The number of benzene rings is 2. The van der Waals surface area contributed by atoms with E-state index in [9.17, 15) is 9.59 Å². The van der Waals surface area contributed by atoms with Gasteiger partial charge in [-0.15, -0.1) is 10.2 Å². The van der Waals surface area contributed by atoms with Gasteiger partial charge < -0.3 is 15.0 Å². The van der Waals surface area contributed by atoms with Gasteiger partial charge in [-0.3, -0.25) is 9.59 Å².